The number of hydrogen-bond donors (Lipinski definition) is 1. The van der Waals surface area contributed by atoms with Crippen molar-refractivity contribution >= 4 is 43.6 Å². The summed E-state index contributed by atoms with van der Waals surface area (Å²) in [4.78, 5) is 31.1. The summed E-state index contributed by atoms with van der Waals surface area (Å²) in [5, 5.41) is 14.5. The minimum absolute atomic E-state index is 0.124. The molecule has 2 aliphatic heterocycles. The van der Waals surface area contributed by atoms with Crippen LogP contribution in [0.25, 0.3) is 33.1 Å². The van der Waals surface area contributed by atoms with Crippen LogP contribution < -0.4 is 5.56 Å². The van der Waals surface area contributed by atoms with Crippen molar-refractivity contribution in [3.63, 3.8) is 0 Å². The van der Waals surface area contributed by atoms with Gasteiger partial charge in [0, 0.05) is 21.0 Å². The number of esters is 1. The second-order valence-electron chi connectivity index (χ2n) is 9.94. The van der Waals surface area contributed by atoms with Crippen molar-refractivity contribution in [2.24, 2.45) is 5.92 Å². The van der Waals surface area contributed by atoms with E-state index in [1.807, 2.05) is 12.1 Å². The summed E-state index contributed by atoms with van der Waals surface area (Å²) >= 11 is 3.62. The highest BCUT2D eigenvalue weighted by atomic mass is 79.9. The Labute approximate surface area is 210 Å². The van der Waals surface area contributed by atoms with E-state index in [4.69, 9.17) is 9.72 Å². The summed E-state index contributed by atoms with van der Waals surface area (Å²) in [6.07, 6.45) is 0.967. The number of cyclic esters (lactones) is 1. The summed E-state index contributed by atoms with van der Waals surface area (Å²) in [6, 6.07) is 12.2. The van der Waals surface area contributed by atoms with Gasteiger partial charge in [-0.05, 0) is 59.4 Å². The number of fused-ring (bicyclic) bond motifs is 7. The van der Waals surface area contributed by atoms with Crippen molar-refractivity contribution in [1.29, 1.82) is 0 Å². The number of benzene rings is 2. The van der Waals surface area contributed by atoms with E-state index < -0.39 is 11.6 Å². The van der Waals surface area contributed by atoms with Gasteiger partial charge in [-0.15, -0.1) is 0 Å². The number of halogens is 1. The van der Waals surface area contributed by atoms with Gasteiger partial charge in [0.2, 0.25) is 0 Å². The highest BCUT2D eigenvalue weighted by molar-refractivity contribution is 9.10. The molecule has 0 bridgehead atoms. The largest absolute Gasteiger partial charge is 0.458 e. The van der Waals surface area contributed by atoms with E-state index in [0.29, 0.717) is 29.3 Å². The van der Waals surface area contributed by atoms with Crippen LogP contribution in [-0.4, -0.2) is 20.6 Å². The van der Waals surface area contributed by atoms with Crippen LogP contribution in [0.4, 0.5) is 0 Å². The lowest BCUT2D eigenvalue weighted by Gasteiger charge is -2.31. The summed E-state index contributed by atoms with van der Waals surface area (Å²) < 4.78 is 7.92. The van der Waals surface area contributed by atoms with E-state index >= 15 is 0 Å². The van der Waals surface area contributed by atoms with Gasteiger partial charge in [0.05, 0.1) is 29.0 Å². The second kappa shape index (κ2) is 7.73. The Balaban J connectivity index is 1.70. The molecule has 0 saturated heterocycles. The van der Waals surface area contributed by atoms with Crippen molar-refractivity contribution in [3.8, 4) is 11.4 Å². The van der Waals surface area contributed by atoms with Crippen LogP contribution in [-0.2, 0) is 34.7 Å². The fourth-order valence-corrected chi connectivity index (χ4v) is 5.96. The number of carbonyl (C=O) groups is 1. The lowest BCUT2D eigenvalue weighted by Crippen LogP contribution is -2.44. The van der Waals surface area contributed by atoms with E-state index in [1.54, 1.807) is 17.6 Å². The quantitative estimate of drug-likeness (QED) is 0.255. The molecule has 1 atom stereocenters. The molecule has 0 unspecified atom stereocenters. The van der Waals surface area contributed by atoms with E-state index in [0.717, 1.165) is 43.8 Å². The Kier molecular flexibility index (Phi) is 4.96. The van der Waals surface area contributed by atoms with Gasteiger partial charge in [0.1, 0.15) is 6.61 Å². The first kappa shape index (κ1) is 22.4. The van der Waals surface area contributed by atoms with Crippen LogP contribution in [0.2, 0.25) is 0 Å². The smallest absolute Gasteiger partial charge is 0.343 e. The number of aromatic nitrogens is 2. The van der Waals surface area contributed by atoms with Crippen molar-refractivity contribution in [3.05, 3.63) is 73.5 Å². The maximum absolute atomic E-state index is 13.6. The SMILES string of the molecule is CC[C@@]1(O)C(=O)OCc2c1cc1n(c2=O)Cc2c-1nc1ccc3ccc(Br)cc3c1c2CC(C)C. The molecule has 6 rings (SSSR count). The zero-order valence-corrected chi connectivity index (χ0v) is 21.4. The third-order valence-electron chi connectivity index (χ3n) is 7.36. The Hall–Kier alpha value is -3.03. The molecule has 4 heterocycles. The van der Waals surface area contributed by atoms with E-state index in [1.165, 1.54) is 5.56 Å². The molecule has 2 aromatic carbocycles. The molecular weight excluding hydrogens is 508 g/mol. The van der Waals surface area contributed by atoms with E-state index in [9.17, 15) is 14.7 Å². The summed E-state index contributed by atoms with van der Waals surface area (Å²) in [5.74, 6) is -0.309. The minimum atomic E-state index is -1.83. The normalized spacial score (nSPS) is 18.6. The molecule has 1 N–H and O–H groups in total. The fourth-order valence-electron chi connectivity index (χ4n) is 5.60. The van der Waals surface area contributed by atoms with Crippen LogP contribution >= 0.6 is 15.9 Å². The molecule has 0 spiro atoms. The zero-order valence-electron chi connectivity index (χ0n) is 19.8. The fraction of sp³-hybridized carbons (Fsp3) is 0.321. The van der Waals surface area contributed by atoms with Crippen LogP contribution in [0.5, 0.6) is 0 Å². The lowest BCUT2D eigenvalue weighted by atomic mass is 9.86. The van der Waals surface area contributed by atoms with Crippen LogP contribution in [0.3, 0.4) is 0 Å². The first-order valence-electron chi connectivity index (χ1n) is 11.9. The Bertz CT molecular complexity index is 1640. The molecule has 0 radical (unpaired) electrons. The predicted molar refractivity (Wildman–Crippen MR) is 138 cm³/mol. The molecule has 0 fully saturated rings. The average Bonchev–Trinajstić information content (AvgIpc) is 3.20. The maximum atomic E-state index is 13.6. The van der Waals surface area contributed by atoms with Gasteiger partial charge in [-0.2, -0.15) is 0 Å². The van der Waals surface area contributed by atoms with Gasteiger partial charge in [-0.1, -0.05) is 48.8 Å². The van der Waals surface area contributed by atoms with E-state index in [-0.39, 0.29) is 18.6 Å². The highest BCUT2D eigenvalue weighted by Crippen LogP contribution is 2.42. The summed E-state index contributed by atoms with van der Waals surface area (Å²) in [7, 11) is 0. The molecular formula is C28H25BrN2O4. The van der Waals surface area contributed by atoms with Crippen LogP contribution in [0, 0.1) is 5.92 Å². The van der Waals surface area contributed by atoms with Gasteiger partial charge in [-0.25, -0.2) is 9.78 Å². The highest BCUT2D eigenvalue weighted by Gasteiger charge is 2.45. The van der Waals surface area contributed by atoms with Crippen molar-refractivity contribution in [2.45, 2.75) is 52.4 Å². The molecule has 7 heteroatoms. The molecule has 0 amide bonds. The molecule has 0 aliphatic carbocycles. The molecule has 4 aromatic rings. The van der Waals surface area contributed by atoms with Gasteiger partial charge in [0.25, 0.3) is 5.56 Å². The minimum Gasteiger partial charge on any atom is -0.458 e. The van der Waals surface area contributed by atoms with Crippen molar-refractivity contribution in [2.75, 3.05) is 0 Å². The molecule has 6 nitrogen and oxygen atoms in total. The zero-order chi connectivity index (χ0) is 24.6. The third kappa shape index (κ3) is 3.14. The van der Waals surface area contributed by atoms with Crippen molar-refractivity contribution in [1.82, 2.24) is 9.55 Å². The monoisotopic (exact) mass is 532 g/mol. The van der Waals surface area contributed by atoms with Gasteiger partial charge in [-0.3, -0.25) is 4.79 Å². The molecule has 0 saturated carbocycles. The number of rotatable bonds is 3. The topological polar surface area (TPSA) is 81.4 Å². The standard InChI is InChI=1S/C28H25BrN2O4/c1-4-28(34)21-11-23-25-19(12-31(23)26(32)20(21)13-35-27(28)33)18(9-14(2)3)24-17-10-16(29)7-5-15(17)6-8-22(24)30-25/h5-8,10-11,14,34H,4,9,12-13H2,1-3H3/t28-/m0/s1. The lowest BCUT2D eigenvalue weighted by molar-refractivity contribution is -0.172. The number of nitrogens with zero attached hydrogens (tertiary/aromatic N) is 2. The van der Waals surface area contributed by atoms with Gasteiger partial charge < -0.3 is 14.4 Å². The Morgan fingerprint density at radius 1 is 1.17 bits per heavy atom. The Morgan fingerprint density at radius 2 is 1.94 bits per heavy atom. The molecule has 2 aromatic heterocycles. The van der Waals surface area contributed by atoms with Crippen molar-refractivity contribution < 1.29 is 14.6 Å². The van der Waals surface area contributed by atoms with Gasteiger partial charge >= 0.3 is 5.97 Å². The second-order valence-corrected chi connectivity index (χ2v) is 10.9. The number of aliphatic hydroxyl groups is 1. The van der Waals surface area contributed by atoms with Crippen LogP contribution in [0.1, 0.15) is 49.4 Å². The van der Waals surface area contributed by atoms with Gasteiger partial charge in [0.15, 0.2) is 5.60 Å². The average molecular weight is 533 g/mol. The Morgan fingerprint density at radius 3 is 2.69 bits per heavy atom. The molecule has 2 aliphatic rings. The summed E-state index contributed by atoms with van der Waals surface area (Å²) in [5.41, 5.74) is 3.12. The predicted octanol–water partition coefficient (Wildman–Crippen LogP) is 5.19. The summed E-state index contributed by atoms with van der Waals surface area (Å²) in [6.45, 7) is 6.38. The molecule has 35 heavy (non-hydrogen) atoms. The number of pyridine rings is 2. The first-order valence-corrected chi connectivity index (χ1v) is 12.7. The number of carbonyl (C=O) groups excluding carboxylic acids is 1. The van der Waals surface area contributed by atoms with E-state index in [2.05, 4.69) is 48.0 Å². The number of ether oxygens (including phenoxy) is 1. The third-order valence-corrected chi connectivity index (χ3v) is 7.85. The van der Waals surface area contributed by atoms with Crippen LogP contribution in [0.15, 0.2) is 45.7 Å². The first-order chi connectivity index (χ1) is 16.7. The number of hydrogen-bond acceptors (Lipinski definition) is 5. The maximum Gasteiger partial charge on any atom is 0.343 e. The molecule has 178 valence electrons.